The lowest BCUT2D eigenvalue weighted by Crippen LogP contribution is -2.50. The first-order chi connectivity index (χ1) is 17.6. The molecule has 1 saturated carbocycles. The summed E-state index contributed by atoms with van der Waals surface area (Å²) in [5.74, 6) is 0. The zero-order valence-electron chi connectivity index (χ0n) is 21.2. The highest BCUT2D eigenvalue weighted by Crippen LogP contribution is 2.45. The summed E-state index contributed by atoms with van der Waals surface area (Å²) in [5, 5.41) is 12.8. The third-order valence-electron chi connectivity index (χ3n) is 9.35. The number of carbonyl (C=O) groups is 1. The summed E-state index contributed by atoms with van der Waals surface area (Å²) in [4.78, 5) is 20.4. The fourth-order valence-electron chi connectivity index (χ4n) is 7.34. The molecule has 3 aromatic rings. The molecule has 4 aliphatic rings. The number of fused-ring (bicyclic) bond motifs is 3. The number of hydrogen-bond donors (Lipinski definition) is 1. The van der Waals surface area contributed by atoms with Crippen LogP contribution in [0, 0.1) is 0 Å². The number of likely N-dealkylation sites (tertiary alicyclic amines) is 1. The van der Waals surface area contributed by atoms with Crippen LogP contribution in [0.15, 0.2) is 30.6 Å². The van der Waals surface area contributed by atoms with E-state index in [2.05, 4.69) is 33.3 Å². The maximum Gasteiger partial charge on any atom is 0.318 e. The highest BCUT2D eigenvalue weighted by molar-refractivity contribution is 5.76. The van der Waals surface area contributed by atoms with Crippen LogP contribution in [-0.4, -0.2) is 48.6 Å². The molecular formula is C28H35N7O. The fourth-order valence-corrected chi connectivity index (χ4v) is 7.34. The third-order valence-corrected chi connectivity index (χ3v) is 9.35. The summed E-state index contributed by atoms with van der Waals surface area (Å²) >= 11 is 0. The van der Waals surface area contributed by atoms with Gasteiger partial charge in [0, 0.05) is 61.4 Å². The second-order valence-electron chi connectivity index (χ2n) is 11.4. The van der Waals surface area contributed by atoms with Crippen molar-refractivity contribution in [1.29, 1.82) is 0 Å². The minimum absolute atomic E-state index is 0.000402. The van der Waals surface area contributed by atoms with Crippen LogP contribution in [0.2, 0.25) is 0 Å². The summed E-state index contributed by atoms with van der Waals surface area (Å²) in [7, 11) is 1.97. The van der Waals surface area contributed by atoms with E-state index in [4.69, 9.17) is 10.1 Å². The molecule has 1 N–H and O–H groups in total. The van der Waals surface area contributed by atoms with Crippen LogP contribution in [0.3, 0.4) is 0 Å². The Labute approximate surface area is 212 Å². The number of pyridine rings is 1. The second-order valence-corrected chi connectivity index (χ2v) is 11.4. The normalized spacial score (nSPS) is 24.3. The zero-order chi connectivity index (χ0) is 24.3. The van der Waals surface area contributed by atoms with E-state index in [1.54, 1.807) is 0 Å². The number of aryl methyl sites for hydroxylation is 4. The number of hydrogen-bond acceptors (Lipinski definition) is 4. The lowest BCUT2D eigenvalue weighted by atomic mass is 9.82. The monoisotopic (exact) mass is 485 g/mol. The molecule has 1 spiro atoms. The van der Waals surface area contributed by atoms with Crippen LogP contribution in [0.25, 0.3) is 11.3 Å². The SMILES string of the molecule is Cn1nccc1C1(NC(=O)N2CCC3(CCn4nc(-c5cnc6c(c5)CCCC6)cc43)C2)CCCC1. The van der Waals surface area contributed by atoms with Gasteiger partial charge in [0.2, 0.25) is 0 Å². The summed E-state index contributed by atoms with van der Waals surface area (Å²) in [6.45, 7) is 2.46. The van der Waals surface area contributed by atoms with Crippen LogP contribution in [0.4, 0.5) is 4.79 Å². The highest BCUT2D eigenvalue weighted by atomic mass is 16.2. The molecule has 2 aliphatic heterocycles. The molecule has 2 fully saturated rings. The standard InChI is InChI=1S/C28H35N7O/c1-33-24(8-13-30-33)28(9-4-5-10-28)31-26(36)34-14-11-27(19-34)12-15-35-25(27)17-23(32-35)21-16-20-6-2-3-7-22(20)29-18-21/h8,13,16-18H,2-7,9-12,14-15,19H2,1H3,(H,31,36). The van der Waals surface area contributed by atoms with Gasteiger partial charge in [-0.15, -0.1) is 0 Å². The van der Waals surface area contributed by atoms with Gasteiger partial charge in [-0.1, -0.05) is 12.8 Å². The molecule has 7 rings (SSSR count). The summed E-state index contributed by atoms with van der Waals surface area (Å²) < 4.78 is 4.11. The van der Waals surface area contributed by atoms with Gasteiger partial charge in [0.05, 0.1) is 16.9 Å². The van der Waals surface area contributed by atoms with Gasteiger partial charge in [0.1, 0.15) is 0 Å². The molecule has 0 radical (unpaired) electrons. The Hall–Kier alpha value is -3.16. The van der Waals surface area contributed by atoms with Crippen molar-refractivity contribution < 1.29 is 4.79 Å². The van der Waals surface area contributed by atoms with Crippen molar-refractivity contribution in [3.05, 3.63) is 53.2 Å². The van der Waals surface area contributed by atoms with Crippen LogP contribution in [0.1, 0.15) is 74.0 Å². The van der Waals surface area contributed by atoms with E-state index in [-0.39, 0.29) is 17.0 Å². The smallest absolute Gasteiger partial charge is 0.318 e. The van der Waals surface area contributed by atoms with E-state index in [9.17, 15) is 4.79 Å². The van der Waals surface area contributed by atoms with E-state index in [1.807, 2.05) is 29.0 Å². The predicted octanol–water partition coefficient (Wildman–Crippen LogP) is 4.08. The Morgan fingerprint density at radius 3 is 2.67 bits per heavy atom. The molecule has 1 saturated heterocycles. The number of urea groups is 1. The lowest BCUT2D eigenvalue weighted by Gasteiger charge is -2.33. The first-order valence-electron chi connectivity index (χ1n) is 13.7. The minimum Gasteiger partial charge on any atom is -0.327 e. The maximum atomic E-state index is 13.6. The molecule has 8 heteroatoms. The van der Waals surface area contributed by atoms with Crippen LogP contribution in [-0.2, 0) is 37.4 Å². The van der Waals surface area contributed by atoms with Crippen LogP contribution in [0.5, 0.6) is 0 Å². The van der Waals surface area contributed by atoms with Gasteiger partial charge in [-0.05, 0) is 75.1 Å². The summed E-state index contributed by atoms with van der Waals surface area (Å²) in [6.07, 6.45) is 14.8. The number of carbonyl (C=O) groups excluding carboxylic acids is 1. The van der Waals surface area contributed by atoms with Crippen molar-refractivity contribution in [3.8, 4) is 11.3 Å². The van der Waals surface area contributed by atoms with E-state index in [0.29, 0.717) is 0 Å². The maximum absolute atomic E-state index is 13.6. The average molecular weight is 486 g/mol. The van der Waals surface area contributed by atoms with Crippen molar-refractivity contribution >= 4 is 6.03 Å². The lowest BCUT2D eigenvalue weighted by molar-refractivity contribution is 0.187. The fraction of sp³-hybridized carbons (Fsp3) is 0.571. The number of amides is 2. The molecule has 1 unspecified atom stereocenters. The Balaban J connectivity index is 1.11. The average Bonchev–Trinajstić information content (AvgIpc) is 3.71. The summed E-state index contributed by atoms with van der Waals surface area (Å²) in [6, 6.07) is 6.70. The second kappa shape index (κ2) is 8.18. The molecule has 3 aromatic heterocycles. The van der Waals surface area contributed by atoms with Gasteiger partial charge in [0.25, 0.3) is 0 Å². The molecule has 8 nitrogen and oxygen atoms in total. The summed E-state index contributed by atoms with van der Waals surface area (Å²) in [5.41, 5.74) is 6.89. The Morgan fingerprint density at radius 1 is 1.00 bits per heavy atom. The molecule has 2 aliphatic carbocycles. The van der Waals surface area contributed by atoms with Gasteiger partial charge in [-0.25, -0.2) is 4.79 Å². The Kier molecular flexibility index (Phi) is 5.02. The van der Waals surface area contributed by atoms with E-state index in [0.717, 1.165) is 88.0 Å². The zero-order valence-corrected chi connectivity index (χ0v) is 21.2. The number of aromatic nitrogens is 5. The number of nitrogens with zero attached hydrogens (tertiary/aromatic N) is 6. The topological polar surface area (TPSA) is 80.9 Å². The number of rotatable bonds is 3. The number of nitrogens with one attached hydrogen (secondary N) is 1. The van der Waals surface area contributed by atoms with Crippen LogP contribution >= 0.6 is 0 Å². The Morgan fingerprint density at radius 2 is 1.83 bits per heavy atom. The molecule has 188 valence electrons. The van der Waals surface area contributed by atoms with E-state index < -0.39 is 0 Å². The Bertz CT molecular complexity index is 1320. The van der Waals surface area contributed by atoms with Gasteiger partial charge in [-0.3, -0.25) is 14.3 Å². The van der Waals surface area contributed by atoms with Crippen molar-refractivity contribution in [2.45, 2.75) is 81.7 Å². The highest BCUT2D eigenvalue weighted by Gasteiger charge is 2.48. The van der Waals surface area contributed by atoms with Crippen LogP contribution < -0.4 is 5.32 Å². The van der Waals surface area contributed by atoms with Gasteiger partial charge >= 0.3 is 6.03 Å². The van der Waals surface area contributed by atoms with Gasteiger partial charge < -0.3 is 10.2 Å². The minimum atomic E-state index is -0.303. The van der Waals surface area contributed by atoms with Crippen molar-refractivity contribution in [1.82, 2.24) is 34.8 Å². The van der Waals surface area contributed by atoms with Crippen molar-refractivity contribution in [3.63, 3.8) is 0 Å². The molecule has 2 amide bonds. The molecule has 0 aromatic carbocycles. The molecular weight excluding hydrogens is 450 g/mol. The van der Waals surface area contributed by atoms with Crippen molar-refractivity contribution in [2.24, 2.45) is 7.05 Å². The predicted molar refractivity (Wildman–Crippen MR) is 136 cm³/mol. The van der Waals surface area contributed by atoms with E-state index >= 15 is 0 Å². The first-order valence-corrected chi connectivity index (χ1v) is 13.7. The molecule has 5 heterocycles. The van der Waals surface area contributed by atoms with Gasteiger partial charge in [0.15, 0.2) is 0 Å². The molecule has 36 heavy (non-hydrogen) atoms. The molecule has 0 bridgehead atoms. The quantitative estimate of drug-likeness (QED) is 0.606. The van der Waals surface area contributed by atoms with Gasteiger partial charge in [-0.2, -0.15) is 10.2 Å². The largest absolute Gasteiger partial charge is 0.327 e. The van der Waals surface area contributed by atoms with E-state index in [1.165, 1.54) is 29.8 Å². The molecule has 1 atom stereocenters. The third kappa shape index (κ3) is 3.40. The van der Waals surface area contributed by atoms with Crippen molar-refractivity contribution in [2.75, 3.05) is 13.1 Å². The first kappa shape index (κ1) is 22.1.